The monoisotopic (exact) mass is 268 g/mol. The molecule has 3 nitrogen and oxygen atoms in total. The molecule has 18 heavy (non-hydrogen) atoms. The van der Waals surface area contributed by atoms with Gasteiger partial charge in [0.2, 0.25) is 0 Å². The van der Waals surface area contributed by atoms with Crippen molar-refractivity contribution in [3.8, 4) is 0 Å². The Morgan fingerprint density at radius 2 is 2.06 bits per heavy atom. The van der Waals surface area contributed by atoms with Crippen molar-refractivity contribution in [2.45, 2.75) is 40.2 Å². The number of halogens is 1. The zero-order valence-electron chi connectivity index (χ0n) is 11.1. The summed E-state index contributed by atoms with van der Waals surface area (Å²) in [4.78, 5) is 18.9. The predicted molar refractivity (Wildman–Crippen MR) is 73.4 cm³/mol. The molecular weight excluding hydrogens is 251 g/mol. The molecule has 0 aliphatic rings. The standard InChI is InChI=1S/C13H17FN2OS/c1-7(2)11-15-12-10(8(3)9(4)18-12)13(17)16(11)6-5-14/h7H,5-6H2,1-4H3. The van der Waals surface area contributed by atoms with Crippen LogP contribution < -0.4 is 5.56 Å². The number of aromatic nitrogens is 2. The molecule has 0 aliphatic heterocycles. The Morgan fingerprint density at radius 1 is 1.39 bits per heavy atom. The molecule has 0 aliphatic carbocycles. The van der Waals surface area contributed by atoms with Crippen LogP contribution in [0.1, 0.15) is 36.0 Å². The molecule has 0 amide bonds. The lowest BCUT2D eigenvalue weighted by atomic mass is 10.1. The van der Waals surface area contributed by atoms with E-state index in [2.05, 4.69) is 4.98 Å². The van der Waals surface area contributed by atoms with Crippen molar-refractivity contribution >= 4 is 21.6 Å². The summed E-state index contributed by atoms with van der Waals surface area (Å²) in [6.45, 7) is 7.38. The Hall–Kier alpha value is -1.23. The zero-order chi connectivity index (χ0) is 13.4. The van der Waals surface area contributed by atoms with E-state index in [9.17, 15) is 9.18 Å². The molecule has 0 fully saturated rings. The van der Waals surface area contributed by atoms with Gasteiger partial charge in [0.05, 0.1) is 11.9 Å². The molecule has 0 atom stereocenters. The maximum absolute atomic E-state index is 12.6. The zero-order valence-corrected chi connectivity index (χ0v) is 11.9. The largest absolute Gasteiger partial charge is 0.293 e. The molecular formula is C13H17FN2OS. The van der Waals surface area contributed by atoms with Crippen molar-refractivity contribution in [1.29, 1.82) is 0 Å². The third-order valence-electron chi connectivity index (χ3n) is 3.14. The van der Waals surface area contributed by atoms with Gasteiger partial charge in [-0.1, -0.05) is 13.8 Å². The number of hydrogen-bond donors (Lipinski definition) is 0. The van der Waals surface area contributed by atoms with E-state index in [0.717, 1.165) is 15.3 Å². The van der Waals surface area contributed by atoms with Crippen molar-refractivity contribution < 1.29 is 4.39 Å². The van der Waals surface area contributed by atoms with Crippen LogP contribution in [0.25, 0.3) is 10.2 Å². The van der Waals surface area contributed by atoms with E-state index in [0.29, 0.717) is 11.2 Å². The minimum absolute atomic E-state index is 0.0869. The molecule has 0 N–H and O–H groups in total. The number of nitrogens with zero attached hydrogens (tertiary/aromatic N) is 2. The van der Waals surface area contributed by atoms with Crippen LogP contribution in [-0.4, -0.2) is 16.2 Å². The second-order valence-corrected chi connectivity index (χ2v) is 5.94. The highest BCUT2D eigenvalue weighted by Crippen LogP contribution is 2.27. The minimum Gasteiger partial charge on any atom is -0.293 e. The van der Waals surface area contributed by atoms with E-state index in [1.165, 1.54) is 15.9 Å². The average molecular weight is 268 g/mol. The number of rotatable bonds is 3. The smallest absolute Gasteiger partial charge is 0.262 e. The highest BCUT2D eigenvalue weighted by atomic mass is 32.1. The number of hydrogen-bond acceptors (Lipinski definition) is 3. The molecule has 98 valence electrons. The molecule has 0 saturated carbocycles. The Labute approximate surface area is 109 Å². The fraction of sp³-hybridized carbons (Fsp3) is 0.538. The third-order valence-corrected chi connectivity index (χ3v) is 4.24. The van der Waals surface area contributed by atoms with Gasteiger partial charge >= 0.3 is 0 Å². The van der Waals surface area contributed by atoms with Gasteiger partial charge in [0.15, 0.2) is 0 Å². The Bertz CT molecular complexity index is 642. The minimum atomic E-state index is -0.547. The van der Waals surface area contributed by atoms with E-state index >= 15 is 0 Å². The normalized spacial score (nSPS) is 11.7. The summed E-state index contributed by atoms with van der Waals surface area (Å²) in [5.41, 5.74) is 0.860. The lowest BCUT2D eigenvalue weighted by Gasteiger charge is -2.13. The van der Waals surface area contributed by atoms with Crippen molar-refractivity contribution in [1.82, 2.24) is 9.55 Å². The fourth-order valence-electron chi connectivity index (χ4n) is 2.08. The van der Waals surface area contributed by atoms with Crippen LogP contribution in [0.5, 0.6) is 0 Å². The molecule has 0 spiro atoms. The molecule has 0 saturated heterocycles. The van der Waals surface area contributed by atoms with Crippen molar-refractivity contribution in [3.05, 3.63) is 26.6 Å². The van der Waals surface area contributed by atoms with Crippen LogP contribution in [-0.2, 0) is 6.54 Å². The first-order valence-corrected chi connectivity index (χ1v) is 6.85. The molecule has 0 aromatic carbocycles. The summed E-state index contributed by atoms with van der Waals surface area (Å²) in [5.74, 6) is 0.780. The molecule has 2 aromatic rings. The number of thiophene rings is 1. The van der Waals surface area contributed by atoms with E-state index in [1.54, 1.807) is 0 Å². The SMILES string of the molecule is Cc1sc2nc(C(C)C)n(CCF)c(=O)c2c1C. The summed E-state index contributed by atoms with van der Waals surface area (Å²) >= 11 is 1.53. The summed E-state index contributed by atoms with van der Waals surface area (Å²) in [6, 6.07) is 0. The van der Waals surface area contributed by atoms with Gasteiger partial charge in [-0.25, -0.2) is 9.37 Å². The van der Waals surface area contributed by atoms with Crippen LogP contribution in [0.15, 0.2) is 4.79 Å². The summed E-state index contributed by atoms with van der Waals surface area (Å²) in [7, 11) is 0. The maximum Gasteiger partial charge on any atom is 0.262 e. The van der Waals surface area contributed by atoms with E-state index in [1.807, 2.05) is 27.7 Å². The topological polar surface area (TPSA) is 34.9 Å². The summed E-state index contributed by atoms with van der Waals surface area (Å²) in [6.07, 6.45) is 0. The van der Waals surface area contributed by atoms with E-state index < -0.39 is 6.67 Å². The van der Waals surface area contributed by atoms with Crippen LogP contribution in [0.3, 0.4) is 0 Å². The second-order valence-electron chi connectivity index (χ2n) is 4.73. The van der Waals surface area contributed by atoms with Gasteiger partial charge in [0, 0.05) is 10.8 Å². The van der Waals surface area contributed by atoms with Gasteiger partial charge in [0.25, 0.3) is 5.56 Å². The van der Waals surface area contributed by atoms with Crippen molar-refractivity contribution in [2.24, 2.45) is 0 Å². The van der Waals surface area contributed by atoms with Gasteiger partial charge in [0.1, 0.15) is 17.3 Å². The molecule has 2 rings (SSSR count). The van der Waals surface area contributed by atoms with Crippen LogP contribution in [0.2, 0.25) is 0 Å². The summed E-state index contributed by atoms with van der Waals surface area (Å²) < 4.78 is 14.1. The maximum atomic E-state index is 12.6. The molecule has 2 aromatic heterocycles. The first-order chi connectivity index (χ1) is 8.47. The highest BCUT2D eigenvalue weighted by Gasteiger charge is 2.17. The molecule has 0 bridgehead atoms. The average Bonchev–Trinajstić information content (AvgIpc) is 2.58. The lowest BCUT2D eigenvalue weighted by Crippen LogP contribution is -2.26. The number of alkyl halides is 1. The van der Waals surface area contributed by atoms with Crippen LogP contribution in [0.4, 0.5) is 4.39 Å². The third kappa shape index (κ3) is 1.96. The Balaban J connectivity index is 2.86. The summed E-state index contributed by atoms with van der Waals surface area (Å²) in [5, 5.41) is 0.648. The second kappa shape index (κ2) is 4.80. The van der Waals surface area contributed by atoms with Gasteiger partial charge in [-0.05, 0) is 19.4 Å². The van der Waals surface area contributed by atoms with Crippen molar-refractivity contribution in [2.75, 3.05) is 6.67 Å². The van der Waals surface area contributed by atoms with Crippen molar-refractivity contribution in [3.63, 3.8) is 0 Å². The van der Waals surface area contributed by atoms with Crippen LogP contribution in [0, 0.1) is 13.8 Å². The first kappa shape index (κ1) is 13.2. The highest BCUT2D eigenvalue weighted by molar-refractivity contribution is 7.18. The fourth-order valence-corrected chi connectivity index (χ4v) is 3.11. The van der Waals surface area contributed by atoms with Gasteiger partial charge in [-0.3, -0.25) is 9.36 Å². The quantitative estimate of drug-likeness (QED) is 0.857. The van der Waals surface area contributed by atoms with Gasteiger partial charge in [-0.2, -0.15) is 0 Å². The molecule has 0 unspecified atom stereocenters. The molecule has 0 radical (unpaired) electrons. The number of aryl methyl sites for hydroxylation is 2. The van der Waals surface area contributed by atoms with Gasteiger partial charge in [-0.15, -0.1) is 11.3 Å². The number of fused-ring (bicyclic) bond motifs is 1. The van der Waals surface area contributed by atoms with Gasteiger partial charge < -0.3 is 0 Å². The first-order valence-electron chi connectivity index (χ1n) is 6.03. The van der Waals surface area contributed by atoms with Crippen LogP contribution >= 0.6 is 11.3 Å². The molecule has 5 heteroatoms. The van der Waals surface area contributed by atoms with E-state index in [4.69, 9.17) is 0 Å². The van der Waals surface area contributed by atoms with E-state index in [-0.39, 0.29) is 18.0 Å². The Kier molecular flexibility index (Phi) is 3.52. The Morgan fingerprint density at radius 3 is 2.61 bits per heavy atom. The molecule has 2 heterocycles. The predicted octanol–water partition coefficient (Wildman–Crippen LogP) is 3.17. The lowest BCUT2D eigenvalue weighted by molar-refractivity contribution is 0.428.